The SMILES string of the molecule is CCCCCCCC(C)(CCCCC)c1noc(=S)[nH]1. The monoisotopic (exact) mass is 298 g/mol. The van der Waals surface area contributed by atoms with Crippen molar-refractivity contribution in [2.45, 2.75) is 90.4 Å². The molecule has 1 unspecified atom stereocenters. The summed E-state index contributed by atoms with van der Waals surface area (Å²) in [5, 5.41) is 4.15. The second-order valence-electron chi connectivity index (χ2n) is 6.13. The average Bonchev–Trinajstić information content (AvgIpc) is 2.86. The Labute approximate surface area is 128 Å². The Morgan fingerprint density at radius 2 is 1.55 bits per heavy atom. The van der Waals surface area contributed by atoms with Crippen LogP contribution in [-0.4, -0.2) is 10.1 Å². The number of hydrogen-bond donors (Lipinski definition) is 1. The van der Waals surface area contributed by atoms with E-state index in [2.05, 4.69) is 30.9 Å². The number of nitrogens with zero attached hydrogens (tertiary/aromatic N) is 1. The van der Waals surface area contributed by atoms with Crippen LogP contribution < -0.4 is 0 Å². The van der Waals surface area contributed by atoms with Crippen LogP contribution in [0.15, 0.2) is 4.52 Å². The fourth-order valence-corrected chi connectivity index (χ4v) is 2.87. The Hall–Kier alpha value is -0.640. The maximum atomic E-state index is 5.07. The second kappa shape index (κ2) is 9.32. The standard InChI is InChI=1S/C16H30N2OS/c1-4-6-8-9-11-13-16(3,12-10-7-5-2)14-17-15(20)19-18-14/h4-13H2,1-3H3,(H,17,18,20). The highest BCUT2D eigenvalue weighted by Crippen LogP contribution is 2.33. The molecule has 0 saturated carbocycles. The van der Waals surface area contributed by atoms with Crippen molar-refractivity contribution in [3.8, 4) is 0 Å². The molecule has 0 aliphatic carbocycles. The summed E-state index contributed by atoms with van der Waals surface area (Å²) in [6.07, 6.45) is 12.7. The molecule has 116 valence electrons. The summed E-state index contributed by atoms with van der Waals surface area (Å²) in [6.45, 7) is 6.79. The van der Waals surface area contributed by atoms with Gasteiger partial charge in [-0.15, -0.1) is 0 Å². The molecule has 0 saturated heterocycles. The molecule has 0 bridgehead atoms. The summed E-state index contributed by atoms with van der Waals surface area (Å²) in [5.74, 6) is 0.939. The van der Waals surface area contributed by atoms with E-state index in [9.17, 15) is 0 Å². The van der Waals surface area contributed by atoms with E-state index in [0.29, 0.717) is 4.84 Å². The molecule has 3 nitrogen and oxygen atoms in total. The van der Waals surface area contributed by atoms with Crippen molar-refractivity contribution in [1.82, 2.24) is 10.1 Å². The highest BCUT2D eigenvalue weighted by atomic mass is 32.1. The molecule has 1 aromatic heterocycles. The van der Waals surface area contributed by atoms with Gasteiger partial charge in [-0.25, -0.2) is 0 Å². The Morgan fingerprint density at radius 3 is 2.10 bits per heavy atom. The third-order valence-corrected chi connectivity index (χ3v) is 4.35. The molecule has 0 radical (unpaired) electrons. The number of hydrogen-bond acceptors (Lipinski definition) is 3. The minimum Gasteiger partial charge on any atom is -0.324 e. The van der Waals surface area contributed by atoms with Crippen molar-refractivity contribution < 1.29 is 4.52 Å². The van der Waals surface area contributed by atoms with Gasteiger partial charge in [-0.05, 0) is 25.1 Å². The van der Waals surface area contributed by atoms with Crippen LogP contribution in [0, 0.1) is 4.84 Å². The van der Waals surface area contributed by atoms with E-state index >= 15 is 0 Å². The molecule has 0 amide bonds. The third kappa shape index (κ3) is 5.78. The Morgan fingerprint density at radius 1 is 1.00 bits per heavy atom. The predicted octanol–water partition coefficient (Wildman–Crippen LogP) is 5.93. The van der Waals surface area contributed by atoms with Crippen molar-refractivity contribution in [2.75, 3.05) is 0 Å². The number of unbranched alkanes of at least 4 members (excludes halogenated alkanes) is 6. The van der Waals surface area contributed by atoms with E-state index in [0.717, 1.165) is 18.7 Å². The van der Waals surface area contributed by atoms with E-state index in [1.165, 1.54) is 51.4 Å². The molecule has 1 atom stereocenters. The van der Waals surface area contributed by atoms with Crippen LogP contribution in [0.25, 0.3) is 0 Å². The van der Waals surface area contributed by atoms with Gasteiger partial charge >= 0.3 is 0 Å². The van der Waals surface area contributed by atoms with Crippen molar-refractivity contribution in [2.24, 2.45) is 0 Å². The number of H-pyrrole nitrogens is 1. The molecule has 20 heavy (non-hydrogen) atoms. The molecule has 1 heterocycles. The van der Waals surface area contributed by atoms with Crippen molar-refractivity contribution >= 4 is 12.2 Å². The predicted molar refractivity (Wildman–Crippen MR) is 86.6 cm³/mol. The van der Waals surface area contributed by atoms with Gasteiger partial charge in [0.2, 0.25) is 0 Å². The lowest BCUT2D eigenvalue weighted by molar-refractivity contribution is 0.322. The molecule has 0 aliphatic rings. The smallest absolute Gasteiger partial charge is 0.294 e. The highest BCUT2D eigenvalue weighted by Gasteiger charge is 2.29. The van der Waals surface area contributed by atoms with Gasteiger partial charge in [-0.3, -0.25) is 4.98 Å². The highest BCUT2D eigenvalue weighted by molar-refractivity contribution is 7.71. The van der Waals surface area contributed by atoms with Gasteiger partial charge in [0, 0.05) is 5.41 Å². The molecule has 0 spiro atoms. The minimum atomic E-state index is 0.0853. The first kappa shape index (κ1) is 17.4. The molecule has 0 aliphatic heterocycles. The molecular formula is C16H30N2OS. The maximum Gasteiger partial charge on any atom is 0.294 e. The lowest BCUT2D eigenvalue weighted by Gasteiger charge is -2.26. The number of aromatic amines is 1. The summed E-state index contributed by atoms with van der Waals surface area (Å²) in [5.41, 5.74) is 0.0853. The summed E-state index contributed by atoms with van der Waals surface area (Å²) >= 11 is 5.02. The minimum absolute atomic E-state index is 0.0853. The lowest BCUT2D eigenvalue weighted by atomic mass is 9.79. The maximum absolute atomic E-state index is 5.07. The van der Waals surface area contributed by atoms with E-state index in [-0.39, 0.29) is 5.41 Å². The fourth-order valence-electron chi connectivity index (χ4n) is 2.74. The van der Waals surface area contributed by atoms with Gasteiger partial charge in [0.25, 0.3) is 4.84 Å². The normalized spacial score (nSPS) is 14.3. The fraction of sp³-hybridized carbons (Fsp3) is 0.875. The molecular weight excluding hydrogens is 268 g/mol. The molecule has 0 aromatic carbocycles. The summed E-state index contributed by atoms with van der Waals surface area (Å²) in [6, 6.07) is 0. The number of rotatable bonds is 11. The van der Waals surface area contributed by atoms with Gasteiger partial charge < -0.3 is 4.52 Å². The number of aromatic nitrogens is 2. The summed E-state index contributed by atoms with van der Waals surface area (Å²) < 4.78 is 5.07. The zero-order chi connectivity index (χ0) is 14.8. The van der Waals surface area contributed by atoms with Crippen LogP contribution in [0.1, 0.15) is 90.8 Å². The average molecular weight is 298 g/mol. The molecule has 1 rings (SSSR count). The summed E-state index contributed by atoms with van der Waals surface area (Å²) in [7, 11) is 0. The summed E-state index contributed by atoms with van der Waals surface area (Å²) in [4.78, 5) is 3.53. The van der Waals surface area contributed by atoms with Gasteiger partial charge in [0.15, 0.2) is 5.82 Å². The Bertz CT molecular complexity index is 413. The van der Waals surface area contributed by atoms with E-state index in [4.69, 9.17) is 16.7 Å². The molecule has 4 heteroatoms. The zero-order valence-electron chi connectivity index (χ0n) is 13.3. The molecule has 0 fully saturated rings. The largest absolute Gasteiger partial charge is 0.324 e. The third-order valence-electron chi connectivity index (χ3n) is 4.18. The second-order valence-corrected chi connectivity index (χ2v) is 6.50. The molecule has 1 N–H and O–H groups in total. The van der Waals surface area contributed by atoms with Crippen LogP contribution >= 0.6 is 12.2 Å². The van der Waals surface area contributed by atoms with Gasteiger partial charge in [-0.2, -0.15) is 0 Å². The van der Waals surface area contributed by atoms with Crippen LogP contribution in [0.4, 0.5) is 0 Å². The topological polar surface area (TPSA) is 41.8 Å². The van der Waals surface area contributed by atoms with Crippen LogP contribution in [-0.2, 0) is 5.41 Å². The number of nitrogens with one attached hydrogen (secondary N) is 1. The van der Waals surface area contributed by atoms with E-state index in [1.807, 2.05) is 0 Å². The lowest BCUT2D eigenvalue weighted by Crippen LogP contribution is -2.23. The molecule has 1 aromatic rings. The van der Waals surface area contributed by atoms with Crippen LogP contribution in [0.2, 0.25) is 0 Å². The van der Waals surface area contributed by atoms with Crippen molar-refractivity contribution in [1.29, 1.82) is 0 Å². The van der Waals surface area contributed by atoms with Gasteiger partial charge in [0.05, 0.1) is 0 Å². The van der Waals surface area contributed by atoms with E-state index < -0.39 is 0 Å². The first-order valence-electron chi connectivity index (χ1n) is 8.19. The van der Waals surface area contributed by atoms with Crippen molar-refractivity contribution in [3.63, 3.8) is 0 Å². The first-order chi connectivity index (χ1) is 9.62. The Kier molecular flexibility index (Phi) is 8.12. The Balaban J connectivity index is 2.56. The van der Waals surface area contributed by atoms with Gasteiger partial charge in [0.1, 0.15) is 0 Å². The van der Waals surface area contributed by atoms with E-state index in [1.54, 1.807) is 0 Å². The van der Waals surface area contributed by atoms with Crippen molar-refractivity contribution in [3.05, 3.63) is 10.7 Å². The van der Waals surface area contributed by atoms with Gasteiger partial charge in [-0.1, -0.05) is 77.3 Å². The first-order valence-corrected chi connectivity index (χ1v) is 8.59. The zero-order valence-corrected chi connectivity index (χ0v) is 14.2. The van der Waals surface area contributed by atoms with Crippen LogP contribution in [0.3, 0.4) is 0 Å². The van der Waals surface area contributed by atoms with Crippen LogP contribution in [0.5, 0.6) is 0 Å². The quantitative estimate of drug-likeness (QED) is 0.406.